The third-order valence-electron chi connectivity index (χ3n) is 5.85. The Morgan fingerprint density at radius 3 is 2.73 bits per heavy atom. The Kier molecular flexibility index (Phi) is 3.99. The summed E-state index contributed by atoms with van der Waals surface area (Å²) in [7, 11) is 0. The Morgan fingerprint density at radius 1 is 1.23 bits per heavy atom. The van der Waals surface area contributed by atoms with Crippen molar-refractivity contribution in [2.45, 2.75) is 44.1 Å². The minimum absolute atomic E-state index is 0.0510. The molecular weight excluding hydrogens is 278 g/mol. The monoisotopic (exact) mass is 305 g/mol. The summed E-state index contributed by atoms with van der Waals surface area (Å²) in [6.45, 7) is 4.25. The molecule has 1 unspecified atom stereocenters. The van der Waals surface area contributed by atoms with Crippen molar-refractivity contribution in [3.05, 3.63) is 12.2 Å². The van der Waals surface area contributed by atoms with E-state index in [1.165, 1.54) is 12.8 Å². The van der Waals surface area contributed by atoms with E-state index in [9.17, 15) is 4.79 Å². The van der Waals surface area contributed by atoms with Gasteiger partial charge in [0, 0.05) is 25.7 Å². The maximum Gasteiger partial charge on any atom is 0.226 e. The molecule has 1 amide bonds. The number of amides is 1. The van der Waals surface area contributed by atoms with Crippen molar-refractivity contribution in [1.82, 2.24) is 4.90 Å². The molecule has 4 heteroatoms. The van der Waals surface area contributed by atoms with Crippen LogP contribution in [0.3, 0.4) is 0 Å². The fraction of sp³-hybridized carbons (Fsp3) is 0.833. The average Bonchev–Trinajstić information content (AvgIpc) is 3.01. The van der Waals surface area contributed by atoms with Crippen LogP contribution in [0.2, 0.25) is 0 Å². The van der Waals surface area contributed by atoms with Gasteiger partial charge in [-0.05, 0) is 50.4 Å². The van der Waals surface area contributed by atoms with Gasteiger partial charge in [0.1, 0.15) is 5.60 Å². The third-order valence-corrected chi connectivity index (χ3v) is 5.85. The summed E-state index contributed by atoms with van der Waals surface area (Å²) in [5.74, 6) is 1.93. The molecule has 3 fully saturated rings. The van der Waals surface area contributed by atoms with E-state index >= 15 is 0 Å². The zero-order chi connectivity index (χ0) is 15.0. The van der Waals surface area contributed by atoms with Crippen LogP contribution >= 0.6 is 0 Å². The van der Waals surface area contributed by atoms with E-state index in [4.69, 9.17) is 9.47 Å². The van der Waals surface area contributed by atoms with Crippen molar-refractivity contribution >= 4 is 5.91 Å². The molecule has 4 aliphatic rings. The molecule has 2 heterocycles. The smallest absolute Gasteiger partial charge is 0.226 e. The van der Waals surface area contributed by atoms with Gasteiger partial charge in [0.2, 0.25) is 5.91 Å². The Bertz CT molecular complexity index is 443. The molecule has 2 aliphatic heterocycles. The highest BCUT2D eigenvalue weighted by Gasteiger charge is 2.54. The summed E-state index contributed by atoms with van der Waals surface area (Å²) in [5, 5.41) is 0. The second-order valence-electron chi connectivity index (χ2n) is 7.54. The summed E-state index contributed by atoms with van der Waals surface area (Å²) < 4.78 is 11.9. The van der Waals surface area contributed by atoms with Gasteiger partial charge in [-0.3, -0.25) is 4.79 Å². The van der Waals surface area contributed by atoms with Crippen LogP contribution in [0.5, 0.6) is 0 Å². The molecule has 0 bridgehead atoms. The van der Waals surface area contributed by atoms with E-state index in [2.05, 4.69) is 12.2 Å². The van der Waals surface area contributed by atoms with Crippen molar-refractivity contribution in [1.29, 1.82) is 0 Å². The van der Waals surface area contributed by atoms with Crippen molar-refractivity contribution in [2.75, 3.05) is 32.9 Å². The normalized spacial score (nSPS) is 30.2. The van der Waals surface area contributed by atoms with Gasteiger partial charge in [-0.15, -0.1) is 0 Å². The standard InChI is InChI=1S/C18H27NO3/c20-17(15-3-1-2-4-15)19-12-18(13-19)16(8-10-22-18)7-9-21-11-14-5-6-14/h1-2,14-16H,3-13H2. The van der Waals surface area contributed by atoms with Crippen molar-refractivity contribution < 1.29 is 14.3 Å². The maximum atomic E-state index is 12.4. The lowest BCUT2D eigenvalue weighted by molar-refractivity contribution is -0.169. The molecule has 0 aromatic carbocycles. The number of carbonyl (C=O) groups excluding carboxylic acids is 1. The Morgan fingerprint density at radius 2 is 2.00 bits per heavy atom. The second kappa shape index (κ2) is 5.97. The van der Waals surface area contributed by atoms with Crippen LogP contribution in [0.25, 0.3) is 0 Å². The lowest BCUT2D eigenvalue weighted by Gasteiger charge is -2.51. The highest BCUT2D eigenvalue weighted by molar-refractivity contribution is 5.80. The van der Waals surface area contributed by atoms with Crippen LogP contribution in [0.4, 0.5) is 0 Å². The van der Waals surface area contributed by atoms with Crippen LogP contribution in [0, 0.1) is 17.8 Å². The summed E-state index contributed by atoms with van der Waals surface area (Å²) in [6.07, 6.45) is 11.0. The first kappa shape index (κ1) is 14.7. The number of hydrogen-bond donors (Lipinski definition) is 0. The van der Waals surface area contributed by atoms with Crippen LogP contribution in [0.1, 0.15) is 38.5 Å². The van der Waals surface area contributed by atoms with Gasteiger partial charge in [-0.25, -0.2) is 0 Å². The number of allylic oxidation sites excluding steroid dienone is 2. The number of ether oxygens (including phenoxy) is 2. The highest BCUT2D eigenvalue weighted by Crippen LogP contribution is 2.42. The van der Waals surface area contributed by atoms with Gasteiger partial charge in [-0.2, -0.15) is 0 Å². The van der Waals surface area contributed by atoms with Crippen LogP contribution in [-0.4, -0.2) is 49.3 Å². The summed E-state index contributed by atoms with van der Waals surface area (Å²) in [6, 6.07) is 0. The molecule has 22 heavy (non-hydrogen) atoms. The van der Waals surface area contributed by atoms with Crippen molar-refractivity contribution in [2.24, 2.45) is 17.8 Å². The molecule has 1 atom stereocenters. The van der Waals surface area contributed by atoms with Crippen molar-refractivity contribution in [3.8, 4) is 0 Å². The highest BCUT2D eigenvalue weighted by atomic mass is 16.5. The molecule has 0 radical (unpaired) electrons. The molecule has 2 aliphatic carbocycles. The Hall–Kier alpha value is -0.870. The number of likely N-dealkylation sites (tertiary alicyclic amines) is 1. The molecule has 2 saturated heterocycles. The lowest BCUT2D eigenvalue weighted by atomic mass is 9.78. The van der Waals surface area contributed by atoms with Gasteiger partial charge in [0.15, 0.2) is 0 Å². The molecule has 4 nitrogen and oxygen atoms in total. The number of carbonyl (C=O) groups is 1. The summed E-state index contributed by atoms with van der Waals surface area (Å²) in [4.78, 5) is 14.4. The Balaban J connectivity index is 1.23. The first-order chi connectivity index (χ1) is 10.8. The molecule has 1 saturated carbocycles. The minimum atomic E-state index is -0.0510. The number of nitrogens with zero attached hydrogens (tertiary/aromatic N) is 1. The predicted molar refractivity (Wildman–Crippen MR) is 83.4 cm³/mol. The first-order valence-electron chi connectivity index (χ1n) is 8.92. The minimum Gasteiger partial charge on any atom is -0.381 e. The average molecular weight is 305 g/mol. The molecular formula is C18H27NO3. The third kappa shape index (κ3) is 2.83. The molecule has 122 valence electrons. The van der Waals surface area contributed by atoms with Gasteiger partial charge in [0.25, 0.3) is 0 Å². The lowest BCUT2D eigenvalue weighted by Crippen LogP contribution is -2.66. The van der Waals surface area contributed by atoms with Gasteiger partial charge in [0.05, 0.1) is 13.1 Å². The molecule has 0 aromatic rings. The van der Waals surface area contributed by atoms with Crippen LogP contribution < -0.4 is 0 Å². The van der Waals surface area contributed by atoms with E-state index in [-0.39, 0.29) is 11.5 Å². The SMILES string of the molecule is O=C(C1CC=CC1)N1CC2(C1)OCCC2CCOCC1CC1. The Labute approximate surface area is 132 Å². The van der Waals surface area contributed by atoms with Gasteiger partial charge < -0.3 is 14.4 Å². The van der Waals surface area contributed by atoms with Gasteiger partial charge >= 0.3 is 0 Å². The maximum absolute atomic E-state index is 12.4. The summed E-state index contributed by atoms with van der Waals surface area (Å²) >= 11 is 0. The summed E-state index contributed by atoms with van der Waals surface area (Å²) in [5.41, 5.74) is -0.0510. The fourth-order valence-corrected chi connectivity index (χ4v) is 4.14. The van der Waals surface area contributed by atoms with E-state index in [0.717, 1.165) is 64.5 Å². The van der Waals surface area contributed by atoms with E-state index in [0.29, 0.717) is 11.8 Å². The van der Waals surface area contributed by atoms with E-state index < -0.39 is 0 Å². The second-order valence-corrected chi connectivity index (χ2v) is 7.54. The van der Waals surface area contributed by atoms with Crippen molar-refractivity contribution in [3.63, 3.8) is 0 Å². The largest absolute Gasteiger partial charge is 0.381 e. The number of rotatable bonds is 6. The van der Waals surface area contributed by atoms with E-state index in [1.54, 1.807) is 0 Å². The fourth-order valence-electron chi connectivity index (χ4n) is 4.14. The molecule has 0 N–H and O–H groups in total. The van der Waals surface area contributed by atoms with Gasteiger partial charge in [-0.1, -0.05) is 12.2 Å². The quantitative estimate of drug-likeness (QED) is 0.559. The predicted octanol–water partition coefficient (Wildman–Crippen LogP) is 2.39. The molecule has 0 aromatic heterocycles. The number of hydrogen-bond acceptors (Lipinski definition) is 3. The molecule has 4 rings (SSSR count). The van der Waals surface area contributed by atoms with Crippen LogP contribution in [0.15, 0.2) is 12.2 Å². The van der Waals surface area contributed by atoms with Crippen LogP contribution in [-0.2, 0) is 14.3 Å². The topological polar surface area (TPSA) is 38.8 Å². The zero-order valence-electron chi connectivity index (χ0n) is 13.3. The zero-order valence-corrected chi connectivity index (χ0v) is 13.3. The van der Waals surface area contributed by atoms with E-state index in [1.807, 2.05) is 4.90 Å². The molecule has 1 spiro atoms. The first-order valence-corrected chi connectivity index (χ1v) is 8.92.